The highest BCUT2D eigenvalue weighted by Crippen LogP contribution is 2.40. The quantitative estimate of drug-likeness (QED) is 0.623. The molecule has 1 aliphatic carbocycles. The van der Waals surface area contributed by atoms with Crippen molar-refractivity contribution in [3.63, 3.8) is 0 Å². The van der Waals surface area contributed by atoms with Crippen molar-refractivity contribution >= 4 is 27.7 Å². The number of aliphatic hydroxyl groups is 1. The van der Waals surface area contributed by atoms with E-state index in [0.717, 1.165) is 28.8 Å². The molecule has 2 nitrogen and oxygen atoms in total. The van der Waals surface area contributed by atoms with Gasteiger partial charge in [0.15, 0.2) is 0 Å². The lowest BCUT2D eigenvalue weighted by Gasteiger charge is -2.40. The van der Waals surface area contributed by atoms with E-state index in [1.807, 2.05) is 37.8 Å². The van der Waals surface area contributed by atoms with E-state index in [-0.39, 0.29) is 0 Å². The van der Waals surface area contributed by atoms with Crippen LogP contribution in [0.3, 0.4) is 0 Å². The van der Waals surface area contributed by atoms with Crippen molar-refractivity contribution in [2.45, 2.75) is 37.5 Å². The number of hydrogen-bond donors (Lipinski definition) is 1. The summed E-state index contributed by atoms with van der Waals surface area (Å²) < 4.78 is 6.37. The minimum absolute atomic E-state index is 0.430. The Balaban J connectivity index is 2.30. The molecule has 1 rings (SSSR count). The summed E-state index contributed by atoms with van der Waals surface area (Å²) in [6, 6.07) is 0. The topological polar surface area (TPSA) is 29.5 Å². The van der Waals surface area contributed by atoms with E-state index < -0.39 is 5.60 Å². The van der Waals surface area contributed by atoms with Gasteiger partial charge >= 0.3 is 0 Å². The Labute approximate surface area is 110 Å². The Morgan fingerprint density at radius 2 is 2.19 bits per heavy atom. The fourth-order valence-corrected chi connectivity index (χ4v) is 3.32. The predicted molar refractivity (Wildman–Crippen MR) is 73.9 cm³/mol. The lowest BCUT2D eigenvalue weighted by Crippen LogP contribution is -2.42. The van der Waals surface area contributed by atoms with Crippen LogP contribution in [0.25, 0.3) is 0 Å². The molecule has 0 atom stereocenters. The fraction of sp³-hybridized carbons (Fsp3) is 0.667. The van der Waals surface area contributed by atoms with Crippen LogP contribution >= 0.6 is 27.7 Å². The first-order chi connectivity index (χ1) is 7.43. The van der Waals surface area contributed by atoms with Gasteiger partial charge in [-0.15, -0.1) is 0 Å². The Kier molecular flexibility index (Phi) is 5.41. The zero-order chi connectivity index (χ0) is 12.2. The molecular weight excluding hydrogens is 288 g/mol. The van der Waals surface area contributed by atoms with Crippen LogP contribution in [0.15, 0.2) is 22.4 Å². The zero-order valence-corrected chi connectivity index (χ0v) is 12.4. The number of ether oxygens (including phenoxy) is 1. The van der Waals surface area contributed by atoms with E-state index >= 15 is 0 Å². The molecular formula is C12H19BrO2S. The van der Waals surface area contributed by atoms with Gasteiger partial charge in [0, 0.05) is 5.25 Å². The third-order valence-electron chi connectivity index (χ3n) is 2.56. The highest BCUT2D eigenvalue weighted by Gasteiger charge is 2.38. The molecule has 0 heterocycles. The van der Waals surface area contributed by atoms with Crippen LogP contribution in [0.4, 0.5) is 0 Å². The number of allylic oxidation sites excluding steroid dienone is 3. The molecule has 0 radical (unpaired) electrons. The average Bonchev–Trinajstić information content (AvgIpc) is 2.14. The van der Waals surface area contributed by atoms with Crippen molar-refractivity contribution < 1.29 is 9.84 Å². The normalized spacial score (nSPS) is 31.2. The van der Waals surface area contributed by atoms with Gasteiger partial charge in [-0.25, -0.2) is 0 Å². The average molecular weight is 307 g/mol. The van der Waals surface area contributed by atoms with Crippen molar-refractivity contribution in [3.8, 4) is 0 Å². The molecule has 1 aliphatic rings. The van der Waals surface area contributed by atoms with Gasteiger partial charge in [-0.05, 0) is 43.3 Å². The molecule has 0 aromatic heterocycles. The summed E-state index contributed by atoms with van der Waals surface area (Å²) in [4.78, 5) is 0. The highest BCUT2D eigenvalue weighted by atomic mass is 79.9. The lowest BCUT2D eigenvalue weighted by atomic mass is 9.82. The maximum Gasteiger partial charge on any atom is 0.105 e. The second kappa shape index (κ2) is 6.12. The molecule has 1 saturated carbocycles. The van der Waals surface area contributed by atoms with Gasteiger partial charge in [-0.2, -0.15) is 11.8 Å². The number of halogens is 1. The summed E-state index contributed by atoms with van der Waals surface area (Å²) in [5.41, 5.74) is -0.430. The van der Waals surface area contributed by atoms with Crippen molar-refractivity contribution in [1.82, 2.24) is 0 Å². The first kappa shape index (κ1) is 14.1. The molecule has 0 unspecified atom stereocenters. The molecule has 16 heavy (non-hydrogen) atoms. The third kappa shape index (κ3) is 4.93. The molecule has 0 bridgehead atoms. The summed E-state index contributed by atoms with van der Waals surface area (Å²) >= 11 is 5.22. The van der Waals surface area contributed by atoms with Gasteiger partial charge < -0.3 is 9.84 Å². The Bertz CT molecular complexity index is 285. The lowest BCUT2D eigenvalue weighted by molar-refractivity contribution is -0.00944. The van der Waals surface area contributed by atoms with Crippen LogP contribution in [0.2, 0.25) is 0 Å². The van der Waals surface area contributed by atoms with Crippen LogP contribution in [-0.4, -0.2) is 28.8 Å². The number of rotatable bonds is 5. The molecule has 1 fully saturated rings. The fourth-order valence-electron chi connectivity index (χ4n) is 1.62. The van der Waals surface area contributed by atoms with E-state index in [1.165, 1.54) is 0 Å². The van der Waals surface area contributed by atoms with E-state index in [2.05, 4.69) is 15.9 Å². The SMILES string of the molecule is CO/C(=C/C=C(\C)Br)CSC1CC(C)(O)C1. The minimum Gasteiger partial charge on any atom is -0.500 e. The predicted octanol–water partition coefficient (Wildman–Crippen LogP) is 3.46. The molecule has 1 N–H and O–H groups in total. The molecule has 0 aromatic rings. The third-order valence-corrected chi connectivity index (χ3v) is 4.08. The first-order valence-electron chi connectivity index (χ1n) is 5.34. The van der Waals surface area contributed by atoms with Gasteiger partial charge in [0.25, 0.3) is 0 Å². The number of hydrogen-bond acceptors (Lipinski definition) is 3. The molecule has 0 spiro atoms. The Morgan fingerprint density at radius 1 is 1.56 bits per heavy atom. The number of thioether (sulfide) groups is 1. The molecule has 0 aromatic carbocycles. The maximum absolute atomic E-state index is 9.61. The van der Waals surface area contributed by atoms with Crippen molar-refractivity contribution in [3.05, 3.63) is 22.4 Å². The van der Waals surface area contributed by atoms with E-state index in [9.17, 15) is 5.11 Å². The van der Waals surface area contributed by atoms with Gasteiger partial charge in [-0.3, -0.25) is 0 Å². The van der Waals surface area contributed by atoms with Crippen LogP contribution in [-0.2, 0) is 4.74 Å². The van der Waals surface area contributed by atoms with E-state index in [1.54, 1.807) is 7.11 Å². The first-order valence-corrected chi connectivity index (χ1v) is 7.18. The van der Waals surface area contributed by atoms with Crippen LogP contribution < -0.4 is 0 Å². The largest absolute Gasteiger partial charge is 0.500 e. The molecule has 92 valence electrons. The van der Waals surface area contributed by atoms with Gasteiger partial charge in [0.2, 0.25) is 0 Å². The van der Waals surface area contributed by atoms with Crippen molar-refractivity contribution in [2.24, 2.45) is 0 Å². The van der Waals surface area contributed by atoms with Crippen molar-refractivity contribution in [2.75, 3.05) is 12.9 Å². The smallest absolute Gasteiger partial charge is 0.105 e. The van der Waals surface area contributed by atoms with Crippen molar-refractivity contribution in [1.29, 1.82) is 0 Å². The monoisotopic (exact) mass is 306 g/mol. The molecule has 0 amide bonds. The second-order valence-corrected chi connectivity index (χ2v) is 6.97. The molecule has 0 aliphatic heterocycles. The second-order valence-electron chi connectivity index (χ2n) is 4.43. The highest BCUT2D eigenvalue weighted by molar-refractivity contribution is 9.11. The van der Waals surface area contributed by atoms with Gasteiger partial charge in [-0.1, -0.05) is 15.9 Å². The van der Waals surface area contributed by atoms with Crippen LogP contribution in [0.5, 0.6) is 0 Å². The van der Waals surface area contributed by atoms with Gasteiger partial charge in [0.05, 0.1) is 18.5 Å². The Hall–Kier alpha value is 0.0700. The molecule has 4 heteroatoms. The summed E-state index contributed by atoms with van der Waals surface area (Å²) in [6.07, 6.45) is 5.74. The maximum atomic E-state index is 9.61. The van der Waals surface area contributed by atoms with E-state index in [0.29, 0.717) is 5.25 Å². The standard InChI is InChI=1S/C12H19BrO2S/c1-9(13)4-5-10(15-3)8-16-11-6-12(2,14)7-11/h4-5,11,14H,6-8H2,1-3H3/b9-4+,10-5+. The number of methoxy groups -OCH3 is 1. The van der Waals surface area contributed by atoms with Crippen LogP contribution in [0.1, 0.15) is 26.7 Å². The minimum atomic E-state index is -0.430. The van der Waals surface area contributed by atoms with E-state index in [4.69, 9.17) is 4.74 Å². The van der Waals surface area contributed by atoms with Gasteiger partial charge in [0.1, 0.15) is 5.76 Å². The zero-order valence-electron chi connectivity index (χ0n) is 10.00. The van der Waals surface area contributed by atoms with Crippen LogP contribution in [0, 0.1) is 0 Å². The molecule has 0 saturated heterocycles. The summed E-state index contributed by atoms with van der Waals surface area (Å²) in [6.45, 7) is 3.88. The summed E-state index contributed by atoms with van der Waals surface area (Å²) in [7, 11) is 1.70. The summed E-state index contributed by atoms with van der Waals surface area (Å²) in [5.74, 6) is 1.84. The summed E-state index contributed by atoms with van der Waals surface area (Å²) in [5, 5.41) is 10.2. The Morgan fingerprint density at radius 3 is 2.62 bits per heavy atom.